The SMILES string of the molecule is [2H]C(Nc1cc(Cl)c2ncc(C#N)c(Nc3cnc(F)c(F)c3)c2c1)(C1=CN(C2CC2)NN1)c1ccc(F)nc1. The number of hydrogen-bond acceptors (Lipinski definition) is 9. The largest absolute Gasteiger partial charge is 0.373 e. The van der Waals surface area contributed by atoms with Crippen LogP contribution in [0.2, 0.25) is 5.02 Å². The van der Waals surface area contributed by atoms with E-state index in [9.17, 15) is 19.8 Å². The molecule has 1 fully saturated rings. The van der Waals surface area contributed by atoms with E-state index in [0.29, 0.717) is 33.9 Å². The summed E-state index contributed by atoms with van der Waals surface area (Å²) in [4.78, 5) is 11.4. The van der Waals surface area contributed by atoms with Crippen LogP contribution in [0.15, 0.2) is 60.8 Å². The number of nitrogens with zero attached hydrogens (tertiary/aromatic N) is 5. The number of anilines is 3. The first-order chi connectivity index (χ1) is 19.2. The fourth-order valence-electron chi connectivity index (χ4n) is 4.15. The van der Waals surface area contributed by atoms with Crippen LogP contribution in [0.5, 0.6) is 0 Å². The van der Waals surface area contributed by atoms with Gasteiger partial charge in [0, 0.05) is 41.8 Å². The molecule has 1 atom stereocenters. The molecule has 0 spiro atoms. The zero-order chi connectivity index (χ0) is 28.0. The van der Waals surface area contributed by atoms with Crippen molar-refractivity contribution >= 4 is 39.6 Å². The lowest BCUT2D eigenvalue weighted by molar-refractivity contribution is 0.260. The van der Waals surface area contributed by atoms with E-state index in [1.807, 2.05) is 11.1 Å². The van der Waals surface area contributed by atoms with Crippen molar-refractivity contribution in [2.45, 2.75) is 24.9 Å². The van der Waals surface area contributed by atoms with Gasteiger partial charge in [0.15, 0.2) is 5.82 Å². The smallest absolute Gasteiger partial charge is 0.249 e. The number of rotatable bonds is 7. The number of hydrazine groups is 2. The number of pyridine rings is 3. The summed E-state index contributed by atoms with van der Waals surface area (Å²) in [5.74, 6) is -3.12. The Morgan fingerprint density at radius 2 is 1.95 bits per heavy atom. The van der Waals surface area contributed by atoms with Crippen LogP contribution < -0.4 is 21.6 Å². The summed E-state index contributed by atoms with van der Waals surface area (Å²) in [6.07, 6.45) is 7.43. The van der Waals surface area contributed by atoms with Crippen molar-refractivity contribution in [1.29, 1.82) is 5.26 Å². The molecule has 4 N–H and O–H groups in total. The molecule has 4 aromatic rings. The van der Waals surface area contributed by atoms with Crippen LogP contribution >= 0.6 is 11.6 Å². The van der Waals surface area contributed by atoms with E-state index in [1.54, 1.807) is 18.3 Å². The number of fused-ring (bicyclic) bond motifs is 1. The van der Waals surface area contributed by atoms with E-state index in [-0.39, 0.29) is 22.0 Å². The van der Waals surface area contributed by atoms with Gasteiger partial charge in [-0.2, -0.15) is 14.0 Å². The van der Waals surface area contributed by atoms with Gasteiger partial charge in [0.25, 0.3) is 0 Å². The van der Waals surface area contributed by atoms with Crippen LogP contribution in [0.3, 0.4) is 0 Å². The molecular formula is C26H19ClF3N9. The maximum absolute atomic E-state index is 13.9. The van der Waals surface area contributed by atoms with Gasteiger partial charge in [-0.05, 0) is 36.6 Å². The van der Waals surface area contributed by atoms with E-state index in [1.165, 1.54) is 18.5 Å². The first-order valence-corrected chi connectivity index (χ1v) is 12.2. The third-order valence-corrected chi connectivity index (χ3v) is 6.48. The van der Waals surface area contributed by atoms with E-state index >= 15 is 0 Å². The topological polar surface area (TPSA) is 114 Å². The molecule has 39 heavy (non-hydrogen) atoms. The van der Waals surface area contributed by atoms with E-state index < -0.39 is 23.7 Å². The normalized spacial score (nSPS) is 16.6. The number of halogens is 4. The Morgan fingerprint density at radius 1 is 1.10 bits per heavy atom. The number of benzene rings is 1. The van der Waals surface area contributed by atoms with Crippen molar-refractivity contribution in [2.75, 3.05) is 10.6 Å². The molecule has 1 saturated carbocycles. The maximum atomic E-state index is 13.9. The number of aromatic nitrogens is 3. The van der Waals surface area contributed by atoms with Gasteiger partial charge in [0.1, 0.15) is 6.07 Å². The van der Waals surface area contributed by atoms with Crippen LogP contribution in [-0.2, 0) is 0 Å². The van der Waals surface area contributed by atoms with Crippen molar-refractivity contribution < 1.29 is 14.5 Å². The summed E-state index contributed by atoms with van der Waals surface area (Å²) in [5, 5.41) is 18.2. The lowest BCUT2D eigenvalue weighted by Crippen LogP contribution is -2.38. The van der Waals surface area contributed by atoms with E-state index in [4.69, 9.17) is 11.6 Å². The summed E-state index contributed by atoms with van der Waals surface area (Å²) in [7, 11) is 0. The highest BCUT2D eigenvalue weighted by Crippen LogP contribution is 2.37. The third kappa shape index (κ3) is 4.97. The molecule has 1 aliphatic heterocycles. The van der Waals surface area contributed by atoms with Gasteiger partial charge >= 0.3 is 0 Å². The fourth-order valence-corrected chi connectivity index (χ4v) is 4.42. The molecule has 0 saturated heterocycles. The van der Waals surface area contributed by atoms with Gasteiger partial charge in [0.2, 0.25) is 11.9 Å². The van der Waals surface area contributed by atoms with Crippen molar-refractivity contribution in [3.63, 3.8) is 0 Å². The third-order valence-electron chi connectivity index (χ3n) is 6.19. The molecule has 9 nitrogen and oxygen atoms in total. The van der Waals surface area contributed by atoms with Gasteiger partial charge in [-0.15, -0.1) is 5.53 Å². The standard InChI is InChI=1S/C26H19ClF3N9/c27-19-6-15(35-24(13-1-4-22(29)32-9-13)21-12-39(38-37-21)17-2-3-17)5-18-23(14(8-31)10-33-25(18)19)36-16-7-20(28)26(30)34-11-16/h1,4-7,9-12,17,24,35,37-38H,2-3H2,(H,33,36)/i24D. The predicted octanol–water partition coefficient (Wildman–Crippen LogP) is 5.19. The molecule has 1 aromatic carbocycles. The lowest BCUT2D eigenvalue weighted by atomic mass is 10.0. The first-order valence-electron chi connectivity index (χ1n) is 12.3. The summed E-state index contributed by atoms with van der Waals surface area (Å²) < 4.78 is 50.4. The maximum Gasteiger partial charge on any atom is 0.249 e. The van der Waals surface area contributed by atoms with Crippen LogP contribution in [0.4, 0.5) is 30.2 Å². The monoisotopic (exact) mass is 550 g/mol. The number of nitriles is 1. The van der Waals surface area contributed by atoms with Crippen molar-refractivity contribution in [3.8, 4) is 6.07 Å². The minimum atomic E-state index is -1.69. The number of hydrogen-bond donors (Lipinski definition) is 4. The van der Waals surface area contributed by atoms with Gasteiger partial charge in [-0.25, -0.2) is 14.4 Å². The Bertz CT molecular complexity index is 1710. The Kier molecular flexibility index (Phi) is 5.99. The van der Waals surface area contributed by atoms with Gasteiger partial charge in [-0.3, -0.25) is 9.99 Å². The summed E-state index contributed by atoms with van der Waals surface area (Å²) in [6.45, 7) is 0. The average molecular weight is 551 g/mol. The zero-order valence-corrected chi connectivity index (χ0v) is 20.7. The van der Waals surface area contributed by atoms with Crippen molar-refractivity contribution in [1.82, 2.24) is 30.9 Å². The molecule has 2 aliphatic rings. The van der Waals surface area contributed by atoms with Crippen LogP contribution in [0, 0.1) is 29.0 Å². The molecule has 0 radical (unpaired) electrons. The molecular weight excluding hydrogens is 531 g/mol. The second-order valence-corrected chi connectivity index (χ2v) is 9.33. The summed E-state index contributed by atoms with van der Waals surface area (Å²) >= 11 is 6.60. The minimum Gasteiger partial charge on any atom is -0.373 e. The first kappa shape index (κ1) is 23.5. The lowest BCUT2D eigenvalue weighted by Gasteiger charge is -2.22. The van der Waals surface area contributed by atoms with Gasteiger partial charge in [-0.1, -0.05) is 17.7 Å². The Balaban J connectivity index is 1.45. The van der Waals surface area contributed by atoms with Crippen LogP contribution in [0.25, 0.3) is 10.9 Å². The molecule has 1 aliphatic carbocycles. The molecule has 0 amide bonds. The second-order valence-electron chi connectivity index (χ2n) is 8.92. The zero-order valence-electron chi connectivity index (χ0n) is 20.9. The molecule has 3 aromatic heterocycles. The highest BCUT2D eigenvalue weighted by atomic mass is 35.5. The minimum absolute atomic E-state index is 0.0937. The van der Waals surface area contributed by atoms with Crippen LogP contribution in [0.1, 0.15) is 31.4 Å². The average Bonchev–Trinajstić information content (AvgIpc) is 3.67. The van der Waals surface area contributed by atoms with Gasteiger partial charge < -0.3 is 16.1 Å². The Labute approximate surface area is 226 Å². The van der Waals surface area contributed by atoms with Crippen molar-refractivity contribution in [2.24, 2.45) is 0 Å². The second kappa shape index (κ2) is 9.94. The molecule has 0 bridgehead atoms. The molecule has 4 heterocycles. The molecule has 1 unspecified atom stereocenters. The highest BCUT2D eigenvalue weighted by molar-refractivity contribution is 6.36. The molecule has 196 valence electrons. The Hall–Kier alpha value is -4.60. The Morgan fingerprint density at radius 3 is 2.67 bits per heavy atom. The summed E-state index contributed by atoms with van der Waals surface area (Å²) in [5.41, 5.74) is 7.90. The quantitative estimate of drug-likeness (QED) is 0.231. The van der Waals surface area contributed by atoms with E-state index in [2.05, 4.69) is 36.5 Å². The summed E-state index contributed by atoms with van der Waals surface area (Å²) in [6, 6.07) is 7.34. The van der Waals surface area contributed by atoms with Crippen molar-refractivity contribution in [3.05, 3.63) is 94.7 Å². The molecule has 6 rings (SSSR count). The fraction of sp³-hybridized carbons (Fsp3) is 0.154. The van der Waals surface area contributed by atoms with Crippen LogP contribution in [-0.4, -0.2) is 26.0 Å². The molecule has 13 heteroatoms. The van der Waals surface area contributed by atoms with Gasteiger partial charge in [0.05, 0.1) is 46.8 Å². The predicted molar refractivity (Wildman–Crippen MR) is 139 cm³/mol. The highest BCUT2D eigenvalue weighted by Gasteiger charge is 2.32. The van der Waals surface area contributed by atoms with E-state index in [0.717, 1.165) is 31.2 Å². The number of nitrogens with one attached hydrogen (secondary N) is 4.